The summed E-state index contributed by atoms with van der Waals surface area (Å²) in [4.78, 5) is 0. The summed E-state index contributed by atoms with van der Waals surface area (Å²) in [6, 6.07) is 0. The monoisotopic (exact) mass is 236 g/mol. The molecule has 2 fully saturated rings. The van der Waals surface area contributed by atoms with Gasteiger partial charge in [0.05, 0.1) is 12.2 Å². The number of rotatable bonds is 0. The van der Waals surface area contributed by atoms with Crippen molar-refractivity contribution in [3.05, 3.63) is 11.6 Å². The van der Waals surface area contributed by atoms with E-state index in [0.717, 1.165) is 19.3 Å². The van der Waals surface area contributed by atoms with Gasteiger partial charge in [-0.2, -0.15) is 0 Å². The van der Waals surface area contributed by atoms with E-state index in [9.17, 15) is 10.2 Å². The van der Waals surface area contributed by atoms with Gasteiger partial charge in [-0.05, 0) is 30.1 Å². The molecule has 5 atom stereocenters. The number of aliphatic hydroxyl groups is 2. The van der Waals surface area contributed by atoms with Crippen molar-refractivity contribution >= 4 is 0 Å². The lowest BCUT2D eigenvalue weighted by Crippen LogP contribution is -2.44. The molecule has 2 N–H and O–H groups in total. The van der Waals surface area contributed by atoms with Crippen molar-refractivity contribution in [3.63, 3.8) is 0 Å². The summed E-state index contributed by atoms with van der Waals surface area (Å²) in [7, 11) is 0. The van der Waals surface area contributed by atoms with Crippen LogP contribution in [0.4, 0.5) is 0 Å². The van der Waals surface area contributed by atoms with E-state index < -0.39 is 0 Å². The molecule has 96 valence electrons. The second-order valence-electron chi connectivity index (χ2n) is 7.51. The third kappa shape index (κ3) is 1.14. The molecular weight excluding hydrogens is 212 g/mol. The van der Waals surface area contributed by atoms with Crippen LogP contribution in [-0.4, -0.2) is 22.4 Å². The fraction of sp³-hybridized carbons (Fsp3) is 0.867. The number of hydrogen-bond acceptors (Lipinski definition) is 2. The number of fused-ring (bicyclic) bond motifs is 3. The van der Waals surface area contributed by atoms with Crippen molar-refractivity contribution in [2.75, 3.05) is 0 Å². The van der Waals surface area contributed by atoms with E-state index in [1.807, 2.05) is 0 Å². The Kier molecular flexibility index (Phi) is 2.05. The third-order valence-electron chi connectivity index (χ3n) is 6.12. The van der Waals surface area contributed by atoms with Crippen LogP contribution in [0, 0.1) is 22.2 Å². The Hall–Kier alpha value is -0.340. The molecule has 2 saturated carbocycles. The van der Waals surface area contributed by atoms with E-state index >= 15 is 0 Å². The van der Waals surface area contributed by atoms with E-state index in [0.29, 0.717) is 0 Å². The Morgan fingerprint density at radius 3 is 2.47 bits per heavy atom. The van der Waals surface area contributed by atoms with Crippen LogP contribution in [0.3, 0.4) is 0 Å². The van der Waals surface area contributed by atoms with Crippen LogP contribution in [0.15, 0.2) is 11.6 Å². The Balaban J connectivity index is 2.14. The predicted molar refractivity (Wildman–Crippen MR) is 67.4 cm³/mol. The number of hydrogen-bond donors (Lipinski definition) is 2. The standard InChI is InChI=1S/C15H24O2/c1-13(2)7-9-10(8-13)14(3)6-5-11(16)15(14,4)12(9)17/h8-9,11-12,16-17H,5-7H2,1-4H3. The van der Waals surface area contributed by atoms with Crippen LogP contribution in [-0.2, 0) is 0 Å². The first kappa shape index (κ1) is 11.7. The predicted octanol–water partition coefficient (Wildman–Crippen LogP) is 2.50. The summed E-state index contributed by atoms with van der Waals surface area (Å²) in [5.41, 5.74) is 1.30. The van der Waals surface area contributed by atoms with Gasteiger partial charge in [-0.25, -0.2) is 0 Å². The molecule has 17 heavy (non-hydrogen) atoms. The molecule has 2 heteroatoms. The molecule has 0 heterocycles. The van der Waals surface area contributed by atoms with Gasteiger partial charge in [0.1, 0.15) is 0 Å². The van der Waals surface area contributed by atoms with Crippen molar-refractivity contribution in [2.24, 2.45) is 22.2 Å². The first-order valence-corrected chi connectivity index (χ1v) is 6.82. The van der Waals surface area contributed by atoms with Gasteiger partial charge in [0, 0.05) is 11.3 Å². The van der Waals surface area contributed by atoms with E-state index in [-0.39, 0.29) is 34.4 Å². The van der Waals surface area contributed by atoms with E-state index in [2.05, 4.69) is 33.8 Å². The molecule has 3 aliphatic carbocycles. The second-order valence-corrected chi connectivity index (χ2v) is 7.51. The Morgan fingerprint density at radius 1 is 1.18 bits per heavy atom. The zero-order chi connectivity index (χ0) is 12.6. The zero-order valence-electron chi connectivity index (χ0n) is 11.3. The van der Waals surface area contributed by atoms with Gasteiger partial charge >= 0.3 is 0 Å². The molecule has 3 aliphatic rings. The molecule has 0 bridgehead atoms. The molecule has 0 aliphatic heterocycles. The summed E-state index contributed by atoms with van der Waals surface area (Å²) in [5.74, 6) is 0.273. The molecule has 0 amide bonds. The van der Waals surface area contributed by atoms with Gasteiger partial charge in [0.25, 0.3) is 0 Å². The summed E-state index contributed by atoms with van der Waals surface area (Å²) in [6.07, 6.45) is 4.52. The molecule has 0 saturated heterocycles. The topological polar surface area (TPSA) is 40.5 Å². The fourth-order valence-corrected chi connectivity index (χ4v) is 4.87. The molecule has 3 rings (SSSR count). The molecule has 0 spiro atoms. The third-order valence-corrected chi connectivity index (χ3v) is 6.12. The molecular formula is C15H24O2. The maximum Gasteiger partial charge on any atom is 0.0692 e. The highest BCUT2D eigenvalue weighted by Crippen LogP contribution is 2.70. The maximum absolute atomic E-state index is 10.7. The van der Waals surface area contributed by atoms with Crippen LogP contribution in [0.2, 0.25) is 0 Å². The minimum absolute atomic E-state index is 0.00424. The van der Waals surface area contributed by atoms with Crippen LogP contribution in [0.25, 0.3) is 0 Å². The highest BCUT2D eigenvalue weighted by molar-refractivity contribution is 5.38. The molecule has 2 nitrogen and oxygen atoms in total. The van der Waals surface area contributed by atoms with Crippen LogP contribution in [0.1, 0.15) is 47.0 Å². The van der Waals surface area contributed by atoms with Gasteiger partial charge in [-0.1, -0.05) is 39.3 Å². The summed E-state index contributed by atoms with van der Waals surface area (Å²) in [6.45, 7) is 8.83. The smallest absolute Gasteiger partial charge is 0.0692 e. The van der Waals surface area contributed by atoms with E-state index in [4.69, 9.17) is 0 Å². The Morgan fingerprint density at radius 2 is 1.82 bits per heavy atom. The highest BCUT2D eigenvalue weighted by atomic mass is 16.3. The molecule has 0 radical (unpaired) electrons. The van der Waals surface area contributed by atoms with Crippen molar-refractivity contribution in [1.29, 1.82) is 0 Å². The second kappa shape index (κ2) is 2.97. The lowest BCUT2D eigenvalue weighted by Gasteiger charge is -2.40. The van der Waals surface area contributed by atoms with E-state index in [1.54, 1.807) is 0 Å². The molecule has 0 aromatic heterocycles. The lowest BCUT2D eigenvalue weighted by atomic mass is 9.66. The Labute approximate surface area is 104 Å². The summed E-state index contributed by atoms with van der Waals surface area (Å²) >= 11 is 0. The molecule has 0 aromatic carbocycles. The lowest BCUT2D eigenvalue weighted by molar-refractivity contribution is -0.0706. The van der Waals surface area contributed by atoms with Crippen LogP contribution in [0.5, 0.6) is 0 Å². The van der Waals surface area contributed by atoms with Gasteiger partial charge < -0.3 is 10.2 Å². The van der Waals surface area contributed by atoms with Gasteiger partial charge in [-0.3, -0.25) is 0 Å². The van der Waals surface area contributed by atoms with E-state index in [1.165, 1.54) is 5.57 Å². The SMILES string of the molecule is CC1(C)C=C2C(C1)C(O)C1(C)C(O)CCC21C. The maximum atomic E-state index is 10.7. The first-order valence-electron chi connectivity index (χ1n) is 6.82. The first-order chi connectivity index (χ1) is 7.72. The van der Waals surface area contributed by atoms with Gasteiger partial charge in [-0.15, -0.1) is 0 Å². The Bertz CT molecular complexity index is 398. The molecule has 0 aromatic rings. The van der Waals surface area contributed by atoms with Crippen LogP contribution >= 0.6 is 0 Å². The minimum atomic E-state index is -0.377. The van der Waals surface area contributed by atoms with Crippen molar-refractivity contribution in [3.8, 4) is 0 Å². The average molecular weight is 236 g/mol. The fourth-order valence-electron chi connectivity index (χ4n) is 4.87. The average Bonchev–Trinajstić information content (AvgIpc) is 2.73. The van der Waals surface area contributed by atoms with Crippen molar-refractivity contribution in [2.45, 2.75) is 59.2 Å². The number of aliphatic hydroxyl groups excluding tert-OH is 2. The van der Waals surface area contributed by atoms with Crippen molar-refractivity contribution < 1.29 is 10.2 Å². The molecule has 5 unspecified atom stereocenters. The highest BCUT2D eigenvalue weighted by Gasteiger charge is 2.68. The minimum Gasteiger partial charge on any atom is -0.392 e. The zero-order valence-corrected chi connectivity index (χ0v) is 11.3. The van der Waals surface area contributed by atoms with Crippen molar-refractivity contribution in [1.82, 2.24) is 0 Å². The quantitative estimate of drug-likeness (QED) is 0.634. The van der Waals surface area contributed by atoms with Crippen LogP contribution < -0.4 is 0 Å². The summed E-state index contributed by atoms with van der Waals surface area (Å²) in [5, 5.41) is 21.0. The number of allylic oxidation sites excluding steroid dienone is 1. The van der Waals surface area contributed by atoms with Gasteiger partial charge in [0.2, 0.25) is 0 Å². The summed E-state index contributed by atoms with van der Waals surface area (Å²) < 4.78 is 0. The van der Waals surface area contributed by atoms with Gasteiger partial charge in [0.15, 0.2) is 0 Å². The normalized spacial score (nSPS) is 55.6. The largest absolute Gasteiger partial charge is 0.392 e.